The third-order valence-electron chi connectivity index (χ3n) is 6.13. The summed E-state index contributed by atoms with van der Waals surface area (Å²) in [6.45, 7) is 0. The number of amides is 3. The predicted molar refractivity (Wildman–Crippen MR) is 115 cm³/mol. The predicted octanol–water partition coefficient (Wildman–Crippen LogP) is 4.51. The van der Waals surface area contributed by atoms with Crippen LogP contribution in [-0.2, 0) is 11.0 Å². The fourth-order valence-corrected chi connectivity index (χ4v) is 4.53. The van der Waals surface area contributed by atoms with E-state index in [9.17, 15) is 42.1 Å². The van der Waals surface area contributed by atoms with Crippen molar-refractivity contribution in [3.05, 3.63) is 105 Å². The number of nitro groups is 1. The summed E-state index contributed by atoms with van der Waals surface area (Å²) in [5.41, 5.74) is -2.29. The van der Waals surface area contributed by atoms with Gasteiger partial charge in [-0.2, -0.15) is 13.2 Å². The third-order valence-corrected chi connectivity index (χ3v) is 6.13. The summed E-state index contributed by atoms with van der Waals surface area (Å²) in [4.78, 5) is 51.8. The number of nitro benzene ring substituents is 1. The maximum Gasteiger partial charge on any atom is 0.416 e. The van der Waals surface area contributed by atoms with Crippen LogP contribution in [0.3, 0.4) is 0 Å². The Bertz CT molecular complexity index is 1450. The number of halogens is 4. The van der Waals surface area contributed by atoms with E-state index < -0.39 is 63.5 Å². The molecule has 8 nitrogen and oxygen atoms in total. The van der Waals surface area contributed by atoms with Gasteiger partial charge in [0.05, 0.1) is 22.1 Å². The second kappa shape index (κ2) is 7.97. The monoisotopic (exact) mass is 499 g/mol. The molecule has 0 aliphatic carbocycles. The number of hydrogen-bond donors (Lipinski definition) is 0. The average Bonchev–Trinajstić information content (AvgIpc) is 3.08. The molecule has 2 atom stereocenters. The number of hydrogen-bond acceptors (Lipinski definition) is 5. The highest BCUT2D eigenvalue weighted by molar-refractivity contribution is 6.26. The Morgan fingerprint density at radius 2 is 1.50 bits per heavy atom. The Morgan fingerprint density at radius 1 is 0.833 bits per heavy atom. The molecule has 0 bridgehead atoms. The SMILES string of the molecule is O=C1c2cccc([N+](=O)[O-])c2C(=O)N1C1C(=O)N(c2cccc(C(F)(F)F)c2)C1c1ccc(F)cc1. The number of β-lactam (4-membered cyclic amide) rings is 1. The lowest BCUT2D eigenvalue weighted by molar-refractivity contribution is -0.385. The summed E-state index contributed by atoms with van der Waals surface area (Å²) >= 11 is 0. The number of anilines is 1. The van der Waals surface area contributed by atoms with Crippen LogP contribution in [0.25, 0.3) is 0 Å². The van der Waals surface area contributed by atoms with Gasteiger partial charge in [-0.3, -0.25) is 29.4 Å². The van der Waals surface area contributed by atoms with Crippen LogP contribution in [0.5, 0.6) is 0 Å². The van der Waals surface area contributed by atoms with Crippen LogP contribution in [0.1, 0.15) is 37.9 Å². The number of imide groups is 1. The molecule has 1 fully saturated rings. The standard InChI is InChI=1S/C24H13F4N3O5/c25-14-9-7-12(8-10-14)19-20(23(34)29(19)15-4-1-3-13(11-15)24(26,27)28)30-21(32)16-5-2-6-17(31(35)36)18(16)22(30)33/h1-11,19-20H. The molecule has 0 N–H and O–H groups in total. The maximum atomic E-state index is 13.6. The van der Waals surface area contributed by atoms with Crippen LogP contribution in [0.15, 0.2) is 66.7 Å². The fourth-order valence-electron chi connectivity index (χ4n) is 4.53. The second-order valence-electron chi connectivity index (χ2n) is 8.13. The molecule has 3 aromatic rings. The van der Waals surface area contributed by atoms with Crippen molar-refractivity contribution in [1.82, 2.24) is 4.90 Å². The van der Waals surface area contributed by atoms with E-state index in [-0.39, 0.29) is 16.8 Å². The lowest BCUT2D eigenvalue weighted by atomic mass is 9.86. The number of nitrogens with zero attached hydrogens (tertiary/aromatic N) is 3. The molecule has 3 aromatic carbocycles. The van der Waals surface area contributed by atoms with Crippen LogP contribution in [0.4, 0.5) is 28.9 Å². The zero-order valence-corrected chi connectivity index (χ0v) is 17.9. The smallest absolute Gasteiger partial charge is 0.300 e. The molecule has 2 unspecified atom stereocenters. The van der Waals surface area contributed by atoms with E-state index in [0.29, 0.717) is 4.90 Å². The first-order valence-electron chi connectivity index (χ1n) is 10.4. The number of alkyl halides is 3. The van der Waals surface area contributed by atoms with Crippen molar-refractivity contribution in [2.45, 2.75) is 18.3 Å². The summed E-state index contributed by atoms with van der Waals surface area (Å²) in [5.74, 6) is -3.52. The van der Waals surface area contributed by atoms with E-state index in [1.807, 2.05) is 0 Å². The Kier molecular flexibility index (Phi) is 5.12. The molecular formula is C24H13F4N3O5. The number of carbonyl (C=O) groups is 3. The van der Waals surface area contributed by atoms with Crippen molar-refractivity contribution < 1.29 is 36.9 Å². The topological polar surface area (TPSA) is 101 Å². The highest BCUT2D eigenvalue weighted by atomic mass is 19.4. The van der Waals surface area contributed by atoms with Crippen LogP contribution in [0, 0.1) is 15.9 Å². The van der Waals surface area contributed by atoms with Gasteiger partial charge < -0.3 is 4.90 Å². The van der Waals surface area contributed by atoms with E-state index in [1.165, 1.54) is 30.3 Å². The molecule has 0 saturated carbocycles. The van der Waals surface area contributed by atoms with Gasteiger partial charge in [0.25, 0.3) is 23.4 Å². The molecule has 12 heteroatoms. The first-order chi connectivity index (χ1) is 17.0. The Morgan fingerprint density at radius 3 is 2.14 bits per heavy atom. The lowest BCUT2D eigenvalue weighted by Gasteiger charge is -2.49. The minimum absolute atomic E-state index is 0.150. The van der Waals surface area contributed by atoms with Crippen molar-refractivity contribution in [2.24, 2.45) is 0 Å². The number of fused-ring (bicyclic) bond motifs is 1. The zero-order chi connectivity index (χ0) is 25.9. The van der Waals surface area contributed by atoms with E-state index in [2.05, 4.69) is 0 Å². The van der Waals surface area contributed by atoms with Gasteiger partial charge in [0.1, 0.15) is 17.4 Å². The lowest BCUT2D eigenvalue weighted by Crippen LogP contribution is -2.67. The maximum absolute atomic E-state index is 13.6. The minimum Gasteiger partial charge on any atom is -0.300 e. The number of rotatable bonds is 4. The zero-order valence-electron chi connectivity index (χ0n) is 17.9. The van der Waals surface area contributed by atoms with Gasteiger partial charge in [0.15, 0.2) is 0 Å². The molecule has 2 aliphatic rings. The summed E-state index contributed by atoms with van der Waals surface area (Å²) in [7, 11) is 0. The van der Waals surface area contributed by atoms with E-state index >= 15 is 0 Å². The molecular weight excluding hydrogens is 486 g/mol. The molecule has 0 spiro atoms. The Balaban J connectivity index is 1.61. The molecule has 182 valence electrons. The summed E-state index contributed by atoms with van der Waals surface area (Å²) in [5, 5.41) is 11.4. The molecule has 0 aromatic heterocycles. The first-order valence-corrected chi connectivity index (χ1v) is 10.4. The highest BCUT2D eigenvalue weighted by Crippen LogP contribution is 2.46. The summed E-state index contributed by atoms with van der Waals surface area (Å²) in [6.07, 6.45) is -4.70. The molecule has 3 amide bonds. The van der Waals surface area contributed by atoms with E-state index in [0.717, 1.165) is 41.3 Å². The minimum atomic E-state index is -4.70. The normalized spacial score (nSPS) is 19.4. The fraction of sp³-hybridized carbons (Fsp3) is 0.125. The van der Waals surface area contributed by atoms with Crippen LogP contribution in [0.2, 0.25) is 0 Å². The second-order valence-corrected chi connectivity index (χ2v) is 8.13. The van der Waals surface area contributed by atoms with E-state index in [1.54, 1.807) is 0 Å². The van der Waals surface area contributed by atoms with Crippen LogP contribution >= 0.6 is 0 Å². The summed E-state index contributed by atoms with van der Waals surface area (Å²) in [6, 6.07) is 9.41. The van der Waals surface area contributed by atoms with Crippen LogP contribution < -0.4 is 4.90 Å². The van der Waals surface area contributed by atoms with Gasteiger partial charge in [-0.15, -0.1) is 0 Å². The van der Waals surface area contributed by atoms with Gasteiger partial charge in [-0.05, 0) is 42.0 Å². The van der Waals surface area contributed by atoms with Gasteiger partial charge >= 0.3 is 6.18 Å². The Hall–Kier alpha value is -4.61. The number of carbonyl (C=O) groups excluding carboxylic acids is 3. The van der Waals surface area contributed by atoms with Gasteiger partial charge in [0, 0.05) is 11.8 Å². The first kappa shape index (κ1) is 23.1. The molecule has 2 aliphatic heterocycles. The van der Waals surface area contributed by atoms with Crippen molar-refractivity contribution in [2.75, 3.05) is 4.90 Å². The van der Waals surface area contributed by atoms with Crippen molar-refractivity contribution in [3.63, 3.8) is 0 Å². The molecule has 2 heterocycles. The summed E-state index contributed by atoms with van der Waals surface area (Å²) < 4.78 is 53.5. The highest BCUT2D eigenvalue weighted by Gasteiger charge is 2.58. The van der Waals surface area contributed by atoms with E-state index in [4.69, 9.17) is 0 Å². The van der Waals surface area contributed by atoms with Gasteiger partial charge in [0.2, 0.25) is 0 Å². The molecule has 36 heavy (non-hydrogen) atoms. The van der Waals surface area contributed by atoms with Gasteiger partial charge in [-0.25, -0.2) is 4.39 Å². The molecule has 5 rings (SSSR count). The molecule has 1 saturated heterocycles. The largest absolute Gasteiger partial charge is 0.416 e. The van der Waals surface area contributed by atoms with Crippen molar-refractivity contribution >= 4 is 29.1 Å². The van der Waals surface area contributed by atoms with Crippen molar-refractivity contribution in [3.8, 4) is 0 Å². The average molecular weight is 499 g/mol. The van der Waals surface area contributed by atoms with Crippen LogP contribution in [-0.4, -0.2) is 33.6 Å². The third kappa shape index (κ3) is 3.41. The van der Waals surface area contributed by atoms with Gasteiger partial charge in [-0.1, -0.05) is 24.3 Å². The number of benzene rings is 3. The Labute approximate surface area is 199 Å². The van der Waals surface area contributed by atoms with Crippen molar-refractivity contribution in [1.29, 1.82) is 0 Å². The molecule has 0 radical (unpaired) electrons. The quantitative estimate of drug-likeness (QED) is 0.173.